The van der Waals surface area contributed by atoms with Crippen LogP contribution in [-0.2, 0) is 35.3 Å². The first-order valence-electron chi connectivity index (χ1n) is 11.5. The van der Waals surface area contributed by atoms with Crippen molar-refractivity contribution in [2.75, 3.05) is 6.54 Å². The molecule has 35 heavy (non-hydrogen) atoms. The summed E-state index contributed by atoms with van der Waals surface area (Å²) in [4.78, 5) is 26.0. The van der Waals surface area contributed by atoms with E-state index >= 15 is 0 Å². The molecule has 1 saturated carbocycles. The molecule has 1 fully saturated rings. The van der Waals surface area contributed by atoms with Crippen LogP contribution < -0.4 is 0 Å². The molecule has 0 bridgehead atoms. The summed E-state index contributed by atoms with van der Waals surface area (Å²) in [5.41, 5.74) is -1.37. The Kier molecular flexibility index (Phi) is 6.87. The van der Waals surface area contributed by atoms with Gasteiger partial charge in [-0.05, 0) is 57.1 Å². The van der Waals surface area contributed by atoms with Crippen molar-refractivity contribution in [2.45, 2.75) is 64.7 Å². The molecular weight excluding hydrogens is 490 g/mol. The molecule has 6 nitrogen and oxygen atoms in total. The molecule has 0 saturated heterocycles. The van der Waals surface area contributed by atoms with Crippen molar-refractivity contribution >= 4 is 23.5 Å². The minimum Gasteiger partial charge on any atom is -0.481 e. The summed E-state index contributed by atoms with van der Waals surface area (Å²) in [6.45, 7) is 1.57. The average Bonchev–Trinajstić information content (AvgIpc) is 3.15. The van der Waals surface area contributed by atoms with Crippen molar-refractivity contribution < 1.29 is 32.3 Å². The Morgan fingerprint density at radius 1 is 1.26 bits per heavy atom. The molecule has 1 amide bonds. The summed E-state index contributed by atoms with van der Waals surface area (Å²) in [5, 5.41) is 13.3. The van der Waals surface area contributed by atoms with Gasteiger partial charge in [-0.2, -0.15) is 18.3 Å². The van der Waals surface area contributed by atoms with Crippen LogP contribution in [0.5, 0.6) is 0 Å². The minimum atomic E-state index is -4.67. The van der Waals surface area contributed by atoms with Crippen molar-refractivity contribution in [3.05, 3.63) is 51.6 Å². The number of hydrogen-bond donors (Lipinski definition) is 1. The number of nitrogens with zero attached hydrogens (tertiary/aromatic N) is 3. The lowest BCUT2D eigenvalue weighted by Crippen LogP contribution is -2.39. The van der Waals surface area contributed by atoms with E-state index in [0.29, 0.717) is 25.7 Å². The number of carboxylic acids is 1. The lowest BCUT2D eigenvalue weighted by atomic mass is 9.71. The van der Waals surface area contributed by atoms with Crippen LogP contribution in [0, 0.1) is 17.2 Å². The van der Waals surface area contributed by atoms with Gasteiger partial charge < -0.3 is 10.0 Å². The van der Waals surface area contributed by atoms with Crippen molar-refractivity contribution in [3.63, 3.8) is 0 Å². The molecule has 1 aromatic carbocycles. The number of carbonyl (C=O) groups excluding carboxylic acids is 1. The Labute approximate surface area is 204 Å². The number of rotatable bonds is 5. The zero-order chi connectivity index (χ0) is 25.5. The first kappa shape index (κ1) is 25.5. The number of alkyl halides is 3. The van der Waals surface area contributed by atoms with Gasteiger partial charge in [0.15, 0.2) is 5.69 Å². The van der Waals surface area contributed by atoms with Gasteiger partial charge in [-0.3, -0.25) is 14.3 Å². The maximum Gasteiger partial charge on any atom is 0.435 e. The normalized spacial score (nSPS) is 22.7. The molecule has 0 radical (unpaired) electrons. The van der Waals surface area contributed by atoms with Crippen LogP contribution in [0.15, 0.2) is 18.2 Å². The maximum absolute atomic E-state index is 14.3. The smallest absolute Gasteiger partial charge is 0.435 e. The fourth-order valence-electron chi connectivity index (χ4n) is 4.97. The van der Waals surface area contributed by atoms with Crippen LogP contribution in [0.1, 0.15) is 61.5 Å². The lowest BCUT2D eigenvalue weighted by molar-refractivity contribution is -0.150. The summed E-state index contributed by atoms with van der Waals surface area (Å²) in [6.07, 6.45) is -2.26. The van der Waals surface area contributed by atoms with Crippen molar-refractivity contribution in [3.8, 4) is 0 Å². The summed E-state index contributed by atoms with van der Waals surface area (Å²) in [5.74, 6) is -1.63. The summed E-state index contributed by atoms with van der Waals surface area (Å²) >= 11 is 5.78. The van der Waals surface area contributed by atoms with Crippen LogP contribution in [0.25, 0.3) is 0 Å². The first-order valence-corrected chi connectivity index (χ1v) is 11.9. The molecule has 1 N–H and O–H groups in total. The molecule has 190 valence electrons. The number of benzene rings is 1. The monoisotopic (exact) mass is 515 g/mol. The summed E-state index contributed by atoms with van der Waals surface area (Å²) in [6, 6.07) is 3.95. The number of carbonyl (C=O) groups is 2. The van der Waals surface area contributed by atoms with E-state index in [1.54, 1.807) is 6.92 Å². The Morgan fingerprint density at radius 2 is 1.94 bits per heavy atom. The molecule has 11 heteroatoms. The second-order valence-electron chi connectivity index (χ2n) is 9.74. The molecule has 0 spiro atoms. The highest BCUT2D eigenvalue weighted by atomic mass is 35.5. The third-order valence-electron chi connectivity index (χ3n) is 7.28. The van der Waals surface area contributed by atoms with Crippen LogP contribution >= 0.6 is 11.6 Å². The second kappa shape index (κ2) is 9.44. The third-order valence-corrected chi connectivity index (χ3v) is 7.52. The van der Waals surface area contributed by atoms with E-state index in [-0.39, 0.29) is 66.1 Å². The Morgan fingerprint density at radius 3 is 2.54 bits per heavy atom. The number of halogens is 5. The van der Waals surface area contributed by atoms with E-state index in [9.17, 15) is 32.3 Å². The average molecular weight is 516 g/mol. The topological polar surface area (TPSA) is 75.4 Å². The van der Waals surface area contributed by atoms with Crippen LogP contribution in [0.3, 0.4) is 0 Å². The number of carboxylic acid groups (broad SMARTS) is 1. The molecule has 0 unspecified atom stereocenters. The van der Waals surface area contributed by atoms with E-state index in [0.717, 1.165) is 10.7 Å². The molecule has 4 rings (SSSR count). The van der Waals surface area contributed by atoms with E-state index in [1.165, 1.54) is 17.0 Å². The van der Waals surface area contributed by atoms with Gasteiger partial charge in [-0.15, -0.1) is 0 Å². The molecular formula is C24H26ClF4N3O3. The number of amides is 1. The number of fused-ring (bicyclic) bond motifs is 1. The number of hydrogen-bond acceptors (Lipinski definition) is 3. The van der Waals surface area contributed by atoms with Gasteiger partial charge in [0.2, 0.25) is 5.91 Å². The lowest BCUT2D eigenvalue weighted by Gasteiger charge is -2.35. The molecule has 1 aliphatic carbocycles. The standard InChI is InChI=1S/C24H26ClF4N3O3/c1-23(22(34)35)7-4-14(5-8-23)10-20(33)31-9-6-17-19(13-31)32(30-21(17)24(27,28)29)12-15-2-3-16(25)11-18(15)26/h2-3,11,14H,4-10,12-13H2,1H3,(H,34,35). The van der Waals surface area contributed by atoms with Crippen LogP contribution in [0.4, 0.5) is 17.6 Å². The van der Waals surface area contributed by atoms with Gasteiger partial charge in [0, 0.05) is 29.1 Å². The van der Waals surface area contributed by atoms with Crippen molar-refractivity contribution in [2.24, 2.45) is 11.3 Å². The fourth-order valence-corrected chi connectivity index (χ4v) is 5.13. The quantitative estimate of drug-likeness (QED) is 0.548. The van der Waals surface area contributed by atoms with Gasteiger partial charge >= 0.3 is 12.1 Å². The third kappa shape index (κ3) is 5.32. The van der Waals surface area contributed by atoms with E-state index in [1.807, 2.05) is 0 Å². The highest BCUT2D eigenvalue weighted by molar-refractivity contribution is 6.30. The first-order chi connectivity index (χ1) is 16.4. The zero-order valence-corrected chi connectivity index (χ0v) is 19.9. The second-order valence-corrected chi connectivity index (χ2v) is 10.2. The van der Waals surface area contributed by atoms with E-state index in [4.69, 9.17) is 11.6 Å². The molecule has 1 aromatic heterocycles. The summed E-state index contributed by atoms with van der Waals surface area (Å²) in [7, 11) is 0. The predicted octanol–water partition coefficient (Wildman–Crippen LogP) is 5.30. The molecule has 2 aromatic rings. The van der Waals surface area contributed by atoms with Gasteiger partial charge in [0.05, 0.1) is 24.2 Å². The van der Waals surface area contributed by atoms with Gasteiger partial charge in [0.25, 0.3) is 0 Å². The Hall–Kier alpha value is -2.62. The predicted molar refractivity (Wildman–Crippen MR) is 119 cm³/mol. The van der Waals surface area contributed by atoms with Crippen molar-refractivity contribution in [1.82, 2.24) is 14.7 Å². The Bertz CT molecular complexity index is 1140. The summed E-state index contributed by atoms with van der Waals surface area (Å²) < 4.78 is 56.4. The van der Waals surface area contributed by atoms with Crippen LogP contribution in [-0.4, -0.2) is 38.2 Å². The maximum atomic E-state index is 14.3. The van der Waals surface area contributed by atoms with Crippen molar-refractivity contribution in [1.29, 1.82) is 0 Å². The molecule has 2 aliphatic rings. The van der Waals surface area contributed by atoms with Gasteiger partial charge in [0.1, 0.15) is 5.82 Å². The highest BCUT2D eigenvalue weighted by Crippen LogP contribution is 2.41. The van der Waals surface area contributed by atoms with Gasteiger partial charge in [-0.1, -0.05) is 17.7 Å². The fraction of sp³-hybridized carbons (Fsp3) is 0.542. The number of aliphatic carboxylic acids is 1. The number of aromatic nitrogens is 2. The van der Waals surface area contributed by atoms with Crippen LogP contribution in [0.2, 0.25) is 5.02 Å². The highest BCUT2D eigenvalue weighted by Gasteiger charge is 2.42. The minimum absolute atomic E-state index is 0.000763. The largest absolute Gasteiger partial charge is 0.481 e. The van der Waals surface area contributed by atoms with Gasteiger partial charge in [-0.25, -0.2) is 4.39 Å². The molecule has 1 aliphatic heterocycles. The SMILES string of the molecule is CC1(C(=O)O)CCC(CC(=O)N2CCc3c(C(F)(F)F)nn(Cc4ccc(Cl)cc4F)c3C2)CC1. The van der Waals surface area contributed by atoms with E-state index in [2.05, 4.69) is 5.10 Å². The zero-order valence-electron chi connectivity index (χ0n) is 19.2. The molecule has 2 heterocycles. The Balaban J connectivity index is 1.51. The molecule has 0 atom stereocenters. The van der Waals surface area contributed by atoms with E-state index < -0.39 is 29.1 Å².